The molecule has 5 nitrogen and oxygen atoms in total. The Kier molecular flexibility index (Phi) is 4.26. The van der Waals surface area contributed by atoms with Crippen molar-refractivity contribution in [1.82, 2.24) is 9.55 Å². The summed E-state index contributed by atoms with van der Waals surface area (Å²) in [5, 5.41) is -0.251. The summed E-state index contributed by atoms with van der Waals surface area (Å²) < 4.78 is 42.5. The summed E-state index contributed by atoms with van der Waals surface area (Å²) in [6.45, 7) is 0. The summed E-state index contributed by atoms with van der Waals surface area (Å²) in [6.07, 6.45) is 0.610. The summed E-state index contributed by atoms with van der Waals surface area (Å²) in [5.74, 6) is 1.41. The van der Waals surface area contributed by atoms with Crippen LogP contribution in [-0.4, -0.2) is 21.8 Å². The lowest BCUT2D eigenvalue weighted by Gasteiger charge is -2.12. The molecule has 0 unspecified atom stereocenters. The lowest BCUT2D eigenvalue weighted by atomic mass is 10.2. The minimum absolute atomic E-state index is 0.183. The number of imidazole rings is 1. The molecule has 0 spiro atoms. The molecule has 0 fully saturated rings. The van der Waals surface area contributed by atoms with Crippen LogP contribution in [0.4, 0.5) is 13.2 Å². The zero-order chi connectivity index (χ0) is 19.1. The number of nitrogens with two attached hydrogens (primary N) is 1. The predicted molar refractivity (Wildman–Crippen MR) is 89.2 cm³/mol. The van der Waals surface area contributed by atoms with Crippen LogP contribution in [0, 0.1) is 12.3 Å². The molecule has 0 aliphatic heterocycles. The fourth-order valence-electron chi connectivity index (χ4n) is 2.43. The van der Waals surface area contributed by atoms with Gasteiger partial charge in [0.05, 0.1) is 21.7 Å². The number of amides is 1. The molecular formula is C17H9ClF3N3O2. The number of primary amides is 1. The van der Waals surface area contributed by atoms with E-state index in [0.29, 0.717) is 16.7 Å². The van der Waals surface area contributed by atoms with E-state index in [4.69, 9.17) is 23.8 Å². The van der Waals surface area contributed by atoms with Crippen LogP contribution in [0.15, 0.2) is 36.4 Å². The second-order valence-electron chi connectivity index (χ2n) is 5.15. The highest BCUT2D eigenvalue weighted by Gasteiger charge is 2.32. The topological polar surface area (TPSA) is 70.1 Å². The zero-order valence-corrected chi connectivity index (χ0v) is 13.6. The molecule has 3 aromatic rings. The van der Waals surface area contributed by atoms with Crippen molar-refractivity contribution in [2.75, 3.05) is 0 Å². The summed E-state index contributed by atoms with van der Waals surface area (Å²) >= 11 is 5.89. The highest BCUT2D eigenvalue weighted by atomic mass is 35.5. The standard InChI is InChI=1S/C17H9ClF3N3O2/c1-2-15-23-12-7-9(16(22)25)3-5-13(12)24(15)10-4-6-14(11(18)8-10)26-17(19,20)21/h1,3-8H,(H2,22,25). The maximum Gasteiger partial charge on any atom is 0.573 e. The first-order valence-electron chi connectivity index (χ1n) is 7.04. The number of terminal acetylenes is 1. The molecule has 0 bridgehead atoms. The number of nitrogens with zero attached hydrogens (tertiary/aromatic N) is 2. The molecule has 1 heterocycles. The largest absolute Gasteiger partial charge is 0.573 e. The van der Waals surface area contributed by atoms with Gasteiger partial charge in [-0.25, -0.2) is 4.98 Å². The Hall–Kier alpha value is -3.18. The molecule has 132 valence electrons. The van der Waals surface area contributed by atoms with E-state index in [0.717, 1.165) is 6.07 Å². The van der Waals surface area contributed by atoms with Crippen LogP contribution in [0.25, 0.3) is 16.7 Å². The average Bonchev–Trinajstić information content (AvgIpc) is 2.93. The van der Waals surface area contributed by atoms with Gasteiger partial charge in [-0.1, -0.05) is 11.6 Å². The van der Waals surface area contributed by atoms with Gasteiger partial charge in [-0.05, 0) is 42.3 Å². The van der Waals surface area contributed by atoms with E-state index in [-0.39, 0.29) is 16.4 Å². The lowest BCUT2D eigenvalue weighted by Crippen LogP contribution is -2.17. The molecular weight excluding hydrogens is 371 g/mol. The van der Waals surface area contributed by atoms with E-state index < -0.39 is 18.0 Å². The number of rotatable bonds is 3. The summed E-state index contributed by atoms with van der Waals surface area (Å²) in [6, 6.07) is 8.25. The highest BCUT2D eigenvalue weighted by Crippen LogP contribution is 2.33. The Morgan fingerprint density at radius 1 is 1.27 bits per heavy atom. The van der Waals surface area contributed by atoms with Gasteiger partial charge >= 0.3 is 6.36 Å². The van der Waals surface area contributed by atoms with Gasteiger partial charge in [-0.2, -0.15) is 0 Å². The number of carbonyl (C=O) groups excluding carboxylic acids is 1. The molecule has 1 aromatic heterocycles. The Morgan fingerprint density at radius 2 is 2.00 bits per heavy atom. The van der Waals surface area contributed by atoms with Gasteiger partial charge in [0.25, 0.3) is 0 Å². The van der Waals surface area contributed by atoms with Crippen molar-refractivity contribution in [3.8, 4) is 23.8 Å². The van der Waals surface area contributed by atoms with E-state index in [1.54, 1.807) is 6.07 Å². The van der Waals surface area contributed by atoms with E-state index in [1.165, 1.54) is 28.8 Å². The van der Waals surface area contributed by atoms with Gasteiger partial charge in [-0.3, -0.25) is 9.36 Å². The summed E-state index contributed by atoms with van der Waals surface area (Å²) in [7, 11) is 0. The fourth-order valence-corrected chi connectivity index (χ4v) is 2.64. The minimum atomic E-state index is -4.86. The smallest absolute Gasteiger partial charge is 0.404 e. The third kappa shape index (κ3) is 3.30. The normalized spacial score (nSPS) is 11.3. The maximum atomic E-state index is 12.4. The average molecular weight is 380 g/mol. The highest BCUT2D eigenvalue weighted by molar-refractivity contribution is 6.32. The zero-order valence-electron chi connectivity index (χ0n) is 12.8. The predicted octanol–water partition coefficient (Wildman–Crippen LogP) is 3.66. The SMILES string of the molecule is C#Cc1nc2cc(C(N)=O)ccc2n1-c1ccc(OC(F)(F)F)c(Cl)c1. The fraction of sp³-hybridized carbons (Fsp3) is 0.0588. The molecule has 0 aliphatic rings. The minimum Gasteiger partial charge on any atom is -0.404 e. The van der Waals surface area contributed by atoms with Crippen molar-refractivity contribution in [2.24, 2.45) is 5.73 Å². The first kappa shape index (κ1) is 17.6. The number of hydrogen-bond acceptors (Lipinski definition) is 3. The Bertz CT molecular complexity index is 1070. The van der Waals surface area contributed by atoms with Crippen LogP contribution < -0.4 is 10.5 Å². The van der Waals surface area contributed by atoms with Crippen molar-refractivity contribution in [1.29, 1.82) is 0 Å². The van der Waals surface area contributed by atoms with Gasteiger partial charge in [0, 0.05) is 5.56 Å². The monoisotopic (exact) mass is 379 g/mol. The van der Waals surface area contributed by atoms with Gasteiger partial charge in [0.1, 0.15) is 5.75 Å². The molecule has 26 heavy (non-hydrogen) atoms. The van der Waals surface area contributed by atoms with Gasteiger partial charge in [0.2, 0.25) is 5.91 Å². The third-order valence-corrected chi connectivity index (χ3v) is 3.76. The van der Waals surface area contributed by atoms with Gasteiger partial charge < -0.3 is 10.5 Å². The van der Waals surface area contributed by atoms with Gasteiger partial charge in [-0.15, -0.1) is 19.6 Å². The number of hydrogen-bond donors (Lipinski definition) is 1. The van der Waals surface area contributed by atoms with Crippen molar-refractivity contribution in [3.63, 3.8) is 0 Å². The molecule has 3 rings (SSSR count). The van der Waals surface area contributed by atoms with Gasteiger partial charge in [0.15, 0.2) is 5.82 Å². The molecule has 2 aromatic carbocycles. The Labute approximate surface area is 150 Å². The van der Waals surface area contributed by atoms with Crippen molar-refractivity contribution < 1.29 is 22.7 Å². The molecule has 0 aliphatic carbocycles. The van der Waals surface area contributed by atoms with E-state index in [2.05, 4.69) is 15.6 Å². The Morgan fingerprint density at radius 3 is 2.58 bits per heavy atom. The van der Waals surface area contributed by atoms with Crippen molar-refractivity contribution in [2.45, 2.75) is 6.36 Å². The number of aromatic nitrogens is 2. The van der Waals surface area contributed by atoms with Crippen LogP contribution in [0.2, 0.25) is 5.02 Å². The van der Waals surface area contributed by atoms with Crippen LogP contribution >= 0.6 is 11.6 Å². The molecule has 1 amide bonds. The van der Waals surface area contributed by atoms with E-state index in [1.807, 2.05) is 0 Å². The molecule has 0 atom stereocenters. The first-order chi connectivity index (χ1) is 12.2. The van der Waals surface area contributed by atoms with Crippen LogP contribution in [0.3, 0.4) is 0 Å². The van der Waals surface area contributed by atoms with Crippen LogP contribution in [0.1, 0.15) is 16.2 Å². The number of ether oxygens (including phenoxy) is 1. The maximum absolute atomic E-state index is 12.4. The summed E-state index contributed by atoms with van der Waals surface area (Å²) in [5.41, 5.74) is 6.81. The molecule has 0 saturated carbocycles. The van der Waals surface area contributed by atoms with E-state index >= 15 is 0 Å². The van der Waals surface area contributed by atoms with Crippen molar-refractivity contribution >= 4 is 28.5 Å². The van der Waals surface area contributed by atoms with Crippen LogP contribution in [-0.2, 0) is 0 Å². The lowest BCUT2D eigenvalue weighted by molar-refractivity contribution is -0.274. The molecule has 2 N–H and O–H groups in total. The number of alkyl halides is 3. The second kappa shape index (κ2) is 6.28. The van der Waals surface area contributed by atoms with Crippen LogP contribution in [0.5, 0.6) is 5.75 Å². The number of benzene rings is 2. The second-order valence-corrected chi connectivity index (χ2v) is 5.55. The van der Waals surface area contributed by atoms with Crippen molar-refractivity contribution in [3.05, 3.63) is 52.8 Å². The number of fused-ring (bicyclic) bond motifs is 1. The Balaban J connectivity index is 2.14. The number of carbonyl (C=O) groups is 1. The first-order valence-corrected chi connectivity index (χ1v) is 7.42. The molecule has 0 saturated heterocycles. The third-order valence-electron chi connectivity index (χ3n) is 3.47. The summed E-state index contributed by atoms with van der Waals surface area (Å²) in [4.78, 5) is 15.5. The molecule has 0 radical (unpaired) electrons. The number of halogens is 4. The molecule has 9 heteroatoms. The van der Waals surface area contributed by atoms with E-state index in [9.17, 15) is 18.0 Å². The quantitative estimate of drug-likeness (QED) is 0.706.